The molecule has 0 heteroatoms. The summed E-state index contributed by atoms with van der Waals surface area (Å²) >= 11 is 0. The van der Waals surface area contributed by atoms with Crippen molar-refractivity contribution in [3.8, 4) is 0 Å². The average molecular weight is 561 g/mol. The van der Waals surface area contributed by atoms with Crippen LogP contribution in [0.2, 0.25) is 0 Å². The zero-order valence-corrected chi connectivity index (χ0v) is 25.2. The van der Waals surface area contributed by atoms with Gasteiger partial charge in [-0.3, -0.25) is 0 Å². The van der Waals surface area contributed by atoms with E-state index < -0.39 is 0 Å². The molecule has 0 aliphatic carbocycles. The first-order chi connectivity index (χ1) is 21.4. The lowest BCUT2D eigenvalue weighted by Gasteiger charge is -1.79. The summed E-state index contributed by atoms with van der Waals surface area (Å²) in [5.41, 5.74) is 1.18. The fourth-order valence-electron chi connectivity index (χ4n) is 2.84. The second kappa shape index (κ2) is 31.1. The Labute approximate surface area is 260 Å². The first kappa shape index (κ1) is 35.6. The largest absolute Gasteiger partial charge is 0.0623 e. The molecule has 216 valence electrons. The summed E-state index contributed by atoms with van der Waals surface area (Å²) in [6, 6.07) is 82.4. The molecular weight excluding hydrogens is 516 g/mol. The first-order valence-corrected chi connectivity index (χ1v) is 14.4. The van der Waals surface area contributed by atoms with Crippen LogP contribution in [0.15, 0.2) is 249 Å². The van der Waals surface area contributed by atoms with Gasteiger partial charge in [-0.1, -0.05) is 254 Å². The molecule has 0 unspecified atom stereocenters. The summed E-state index contributed by atoms with van der Waals surface area (Å²) in [6.45, 7) is 2.08. The molecule has 1 aromatic carbocycles. The Kier molecular flexibility index (Phi) is 25.7. The van der Waals surface area contributed by atoms with Crippen LogP contribution in [0.4, 0.5) is 0 Å². The summed E-state index contributed by atoms with van der Waals surface area (Å²) in [4.78, 5) is 0. The topological polar surface area (TPSA) is 0 Å². The molecule has 0 aliphatic heterocycles. The van der Waals surface area contributed by atoms with Gasteiger partial charge in [0.15, 0.2) is 0 Å². The van der Waals surface area contributed by atoms with E-state index in [1.165, 1.54) is 5.56 Å². The van der Waals surface area contributed by atoms with Crippen molar-refractivity contribution in [2.75, 3.05) is 0 Å². The molecule has 0 heterocycles. The molecule has 0 amide bonds. The molecule has 0 saturated carbocycles. The Morgan fingerprint density at radius 2 is 0.256 bits per heavy atom. The van der Waals surface area contributed by atoms with Gasteiger partial charge in [-0.15, -0.1) is 0 Å². The SMILES string of the molecule is Cc1ccccccccccccccccccccccccccccccccccccccccc1. The molecule has 0 saturated heterocycles. The lowest BCUT2D eigenvalue weighted by Crippen LogP contribution is -1.59. The molecule has 1 rings (SSSR count). The van der Waals surface area contributed by atoms with Gasteiger partial charge in [0, 0.05) is 0 Å². The van der Waals surface area contributed by atoms with Gasteiger partial charge >= 0.3 is 0 Å². The third-order valence-electron chi connectivity index (χ3n) is 4.94. The van der Waals surface area contributed by atoms with Crippen LogP contribution in [-0.2, 0) is 0 Å². The fraction of sp³-hybridized carbons (Fsp3) is 0.0233. The molecule has 0 fully saturated rings. The van der Waals surface area contributed by atoms with Crippen LogP contribution in [0.25, 0.3) is 0 Å². The van der Waals surface area contributed by atoms with Crippen LogP contribution >= 0.6 is 0 Å². The maximum Gasteiger partial charge on any atom is -0.0398 e. The minimum Gasteiger partial charge on any atom is -0.0623 e. The van der Waals surface area contributed by atoms with Crippen LogP contribution in [0.1, 0.15) is 5.56 Å². The monoisotopic (exact) mass is 560 g/mol. The Morgan fingerprint density at radius 1 is 0.163 bits per heavy atom. The van der Waals surface area contributed by atoms with Gasteiger partial charge in [0.25, 0.3) is 0 Å². The lowest BCUT2D eigenvalue weighted by atomic mass is 10.3. The highest BCUT2D eigenvalue weighted by atomic mass is 13.8. The van der Waals surface area contributed by atoms with E-state index in [1.807, 2.05) is 237 Å². The first-order valence-electron chi connectivity index (χ1n) is 14.4. The maximum atomic E-state index is 2.08. The zero-order chi connectivity index (χ0) is 30.6. The highest BCUT2D eigenvalue weighted by Gasteiger charge is 1.69. The highest BCUT2D eigenvalue weighted by Crippen LogP contribution is 1.89. The molecular formula is C43H44. The van der Waals surface area contributed by atoms with Crippen molar-refractivity contribution in [2.24, 2.45) is 0 Å². The predicted octanol–water partition coefficient (Wildman–Crippen LogP) is 12.1. The van der Waals surface area contributed by atoms with E-state index in [0.717, 1.165) is 0 Å². The van der Waals surface area contributed by atoms with Crippen LogP contribution in [0.5, 0.6) is 0 Å². The number of hydrogen-bond acceptors (Lipinski definition) is 0. The Bertz CT molecular complexity index is 1350. The van der Waals surface area contributed by atoms with Crippen LogP contribution < -0.4 is 0 Å². The van der Waals surface area contributed by atoms with E-state index >= 15 is 0 Å². The second-order valence-electron chi connectivity index (χ2n) is 8.58. The summed E-state index contributed by atoms with van der Waals surface area (Å²) in [6.07, 6.45) is 0. The Hall–Kier alpha value is -5.46. The summed E-state index contributed by atoms with van der Waals surface area (Å²) < 4.78 is 0. The van der Waals surface area contributed by atoms with E-state index in [-0.39, 0.29) is 0 Å². The number of rotatable bonds is 0. The minimum absolute atomic E-state index is 1.18. The molecule has 0 spiro atoms. The molecule has 0 nitrogen and oxygen atoms in total. The van der Waals surface area contributed by atoms with Crippen molar-refractivity contribution in [1.82, 2.24) is 0 Å². The molecule has 0 aliphatic rings. The molecule has 1 aromatic rings. The summed E-state index contributed by atoms with van der Waals surface area (Å²) in [7, 11) is 0. The third-order valence-corrected chi connectivity index (χ3v) is 4.94. The molecule has 43 heavy (non-hydrogen) atoms. The average Bonchev–Trinajstić information content (AvgIpc) is 3.01. The quantitative estimate of drug-likeness (QED) is 0.296. The minimum atomic E-state index is 1.18. The van der Waals surface area contributed by atoms with Crippen molar-refractivity contribution in [3.05, 3.63) is 254 Å². The van der Waals surface area contributed by atoms with Crippen molar-refractivity contribution in [1.29, 1.82) is 0 Å². The van der Waals surface area contributed by atoms with E-state index in [9.17, 15) is 0 Å². The number of aryl methyl sites for hydroxylation is 1. The van der Waals surface area contributed by atoms with Crippen molar-refractivity contribution < 1.29 is 0 Å². The van der Waals surface area contributed by atoms with E-state index in [1.54, 1.807) is 0 Å². The van der Waals surface area contributed by atoms with Gasteiger partial charge in [-0.2, -0.15) is 0 Å². The highest BCUT2D eigenvalue weighted by molar-refractivity contribution is 5.09. The normalized spacial score (nSPS) is 8.12. The van der Waals surface area contributed by atoms with E-state index in [0.29, 0.717) is 0 Å². The third kappa shape index (κ3) is 29.3. The summed E-state index contributed by atoms with van der Waals surface area (Å²) in [5.74, 6) is 0. The van der Waals surface area contributed by atoms with Crippen LogP contribution in [0.3, 0.4) is 0 Å². The molecule has 0 N–H and O–H groups in total. The van der Waals surface area contributed by atoms with Gasteiger partial charge in [-0.25, -0.2) is 0 Å². The molecule has 0 atom stereocenters. The molecule has 0 aromatic heterocycles. The van der Waals surface area contributed by atoms with Crippen LogP contribution in [0, 0.1) is 6.92 Å². The fourth-order valence-corrected chi connectivity index (χ4v) is 2.84. The van der Waals surface area contributed by atoms with Gasteiger partial charge < -0.3 is 0 Å². The van der Waals surface area contributed by atoms with E-state index in [4.69, 9.17) is 0 Å². The lowest BCUT2D eigenvalue weighted by molar-refractivity contribution is 1.50. The maximum absolute atomic E-state index is 2.08. The smallest absolute Gasteiger partial charge is 0.0398 e. The Morgan fingerprint density at radius 3 is 0.372 bits per heavy atom. The van der Waals surface area contributed by atoms with Crippen molar-refractivity contribution >= 4 is 0 Å². The predicted molar refractivity (Wildman–Crippen MR) is 190 cm³/mol. The van der Waals surface area contributed by atoms with Crippen LogP contribution in [-0.4, -0.2) is 0 Å². The van der Waals surface area contributed by atoms with Crippen molar-refractivity contribution in [3.63, 3.8) is 0 Å². The van der Waals surface area contributed by atoms with Gasteiger partial charge in [-0.05, 0) is 6.92 Å². The number of hydrogen-bond donors (Lipinski definition) is 0. The second-order valence-corrected chi connectivity index (χ2v) is 8.58. The van der Waals surface area contributed by atoms with Gasteiger partial charge in [0.1, 0.15) is 0 Å². The van der Waals surface area contributed by atoms with Crippen molar-refractivity contribution in [2.45, 2.75) is 6.92 Å². The van der Waals surface area contributed by atoms with Gasteiger partial charge in [0.05, 0.1) is 0 Å². The zero-order valence-electron chi connectivity index (χ0n) is 25.2. The Balaban J connectivity index is 3.06. The van der Waals surface area contributed by atoms with E-state index in [2.05, 4.69) is 19.1 Å². The van der Waals surface area contributed by atoms with Gasteiger partial charge in [0.2, 0.25) is 0 Å². The molecule has 0 bridgehead atoms. The molecule has 0 radical (unpaired) electrons. The standard InChI is InChI=1S/C43H44/c1-43-41-39-37-35-33-31-29-27-25-23-21-19-17-15-13-11-9-7-5-3-2-4-6-8-10-12-14-16-18-20-22-24-26-28-30-32-34-36-38-40-42-43/h2-42H,1H3. The summed E-state index contributed by atoms with van der Waals surface area (Å²) in [5, 5.41) is 0.